The first kappa shape index (κ1) is 11.0. The Hall–Kier alpha value is -1.55. The van der Waals surface area contributed by atoms with Crippen molar-refractivity contribution >= 4 is 6.09 Å². The van der Waals surface area contributed by atoms with E-state index in [1.165, 1.54) is 4.90 Å². The van der Waals surface area contributed by atoms with Gasteiger partial charge in [0.05, 0.1) is 19.2 Å². The smallest absolute Gasteiger partial charge is 0.410 e. The van der Waals surface area contributed by atoms with Gasteiger partial charge in [-0.05, 0) is 12.5 Å². The molecule has 1 aromatic carbocycles. The number of nitrogens with zero attached hydrogens (tertiary/aromatic N) is 1. The standard InChI is InChI=1S/C12H15NO3/c1-9-2-4-10(5-3-9)11(14)8-13-6-7-16-12(13)15/h2-5,11,14H,6-8H2,1H3. The second-order valence-corrected chi connectivity index (χ2v) is 3.99. The minimum absolute atomic E-state index is 0.294. The summed E-state index contributed by atoms with van der Waals surface area (Å²) in [6.45, 7) is 3.26. The molecule has 1 unspecified atom stereocenters. The summed E-state index contributed by atoms with van der Waals surface area (Å²) in [5, 5.41) is 9.94. The van der Waals surface area contributed by atoms with Crippen LogP contribution >= 0.6 is 0 Å². The molecule has 4 nitrogen and oxygen atoms in total. The molecule has 16 heavy (non-hydrogen) atoms. The third-order valence-corrected chi connectivity index (χ3v) is 2.70. The Bertz CT molecular complexity index is 374. The fourth-order valence-corrected chi connectivity index (χ4v) is 1.69. The summed E-state index contributed by atoms with van der Waals surface area (Å²) in [5.74, 6) is 0. The summed E-state index contributed by atoms with van der Waals surface area (Å²) in [6.07, 6.45) is -0.989. The number of benzene rings is 1. The minimum atomic E-state index is -0.647. The number of cyclic esters (lactones) is 1. The number of hydrogen-bond donors (Lipinski definition) is 1. The van der Waals surface area contributed by atoms with Crippen LogP contribution in [0.25, 0.3) is 0 Å². The minimum Gasteiger partial charge on any atom is -0.448 e. The van der Waals surface area contributed by atoms with Gasteiger partial charge in [0, 0.05) is 0 Å². The van der Waals surface area contributed by atoms with Crippen LogP contribution in [0.5, 0.6) is 0 Å². The lowest BCUT2D eigenvalue weighted by atomic mass is 10.1. The predicted molar refractivity (Wildman–Crippen MR) is 59.1 cm³/mol. The van der Waals surface area contributed by atoms with Crippen molar-refractivity contribution in [2.24, 2.45) is 0 Å². The first-order chi connectivity index (χ1) is 7.66. The molecule has 4 heteroatoms. The third kappa shape index (κ3) is 2.33. The maximum atomic E-state index is 11.2. The van der Waals surface area contributed by atoms with E-state index < -0.39 is 6.10 Å². The molecule has 1 aromatic rings. The van der Waals surface area contributed by atoms with Gasteiger partial charge in [-0.25, -0.2) is 4.79 Å². The largest absolute Gasteiger partial charge is 0.448 e. The fourth-order valence-electron chi connectivity index (χ4n) is 1.69. The summed E-state index contributed by atoms with van der Waals surface area (Å²) in [5.41, 5.74) is 1.97. The van der Waals surface area contributed by atoms with Gasteiger partial charge in [-0.3, -0.25) is 0 Å². The average Bonchev–Trinajstić information content (AvgIpc) is 2.65. The van der Waals surface area contributed by atoms with Crippen molar-refractivity contribution < 1.29 is 14.6 Å². The Labute approximate surface area is 94.4 Å². The van der Waals surface area contributed by atoms with Crippen molar-refractivity contribution in [1.82, 2.24) is 4.90 Å². The van der Waals surface area contributed by atoms with Crippen LogP contribution in [0.1, 0.15) is 17.2 Å². The van der Waals surface area contributed by atoms with E-state index in [2.05, 4.69) is 0 Å². The number of aliphatic hydroxyl groups is 1. The van der Waals surface area contributed by atoms with E-state index in [0.29, 0.717) is 19.7 Å². The van der Waals surface area contributed by atoms with Gasteiger partial charge in [0.2, 0.25) is 0 Å². The zero-order valence-electron chi connectivity index (χ0n) is 9.22. The molecule has 86 valence electrons. The Morgan fingerprint density at radius 1 is 1.44 bits per heavy atom. The monoisotopic (exact) mass is 221 g/mol. The quantitative estimate of drug-likeness (QED) is 0.841. The molecule has 1 fully saturated rings. The normalized spacial score (nSPS) is 17.4. The van der Waals surface area contributed by atoms with Crippen molar-refractivity contribution in [3.05, 3.63) is 35.4 Å². The molecule has 0 aromatic heterocycles. The molecule has 1 heterocycles. The summed E-state index contributed by atoms with van der Waals surface area (Å²) in [6, 6.07) is 7.64. The molecule has 0 saturated carbocycles. The second kappa shape index (κ2) is 4.53. The number of amides is 1. The molecular weight excluding hydrogens is 206 g/mol. The molecule has 0 spiro atoms. The van der Waals surface area contributed by atoms with Crippen LogP contribution in [0.4, 0.5) is 4.79 Å². The zero-order chi connectivity index (χ0) is 11.5. The number of ether oxygens (including phenoxy) is 1. The van der Waals surface area contributed by atoms with Crippen LogP contribution in [0.2, 0.25) is 0 Å². The van der Waals surface area contributed by atoms with E-state index in [1.54, 1.807) is 0 Å². The Balaban J connectivity index is 1.99. The summed E-state index contributed by atoms with van der Waals surface area (Å²) >= 11 is 0. The maximum absolute atomic E-state index is 11.2. The lowest BCUT2D eigenvalue weighted by molar-refractivity contribution is 0.118. The van der Waals surface area contributed by atoms with Crippen LogP contribution in [-0.2, 0) is 4.74 Å². The molecule has 1 saturated heterocycles. The van der Waals surface area contributed by atoms with E-state index in [4.69, 9.17) is 4.74 Å². The number of hydrogen-bond acceptors (Lipinski definition) is 3. The number of carbonyl (C=O) groups is 1. The highest BCUT2D eigenvalue weighted by Crippen LogP contribution is 2.16. The molecule has 0 bridgehead atoms. The van der Waals surface area contributed by atoms with Gasteiger partial charge in [0.1, 0.15) is 6.61 Å². The Morgan fingerprint density at radius 3 is 2.69 bits per heavy atom. The number of β-amino-alcohol motifs (C(OH)–C–C–N with tert-alkyl or cyclic N) is 1. The van der Waals surface area contributed by atoms with Gasteiger partial charge in [0.25, 0.3) is 0 Å². The number of aryl methyl sites for hydroxylation is 1. The fraction of sp³-hybridized carbons (Fsp3) is 0.417. The van der Waals surface area contributed by atoms with Crippen molar-refractivity contribution in [2.45, 2.75) is 13.0 Å². The Morgan fingerprint density at radius 2 is 2.12 bits per heavy atom. The second-order valence-electron chi connectivity index (χ2n) is 3.99. The van der Waals surface area contributed by atoms with E-state index in [-0.39, 0.29) is 6.09 Å². The van der Waals surface area contributed by atoms with Gasteiger partial charge in [-0.15, -0.1) is 0 Å². The van der Waals surface area contributed by atoms with Crippen molar-refractivity contribution in [2.75, 3.05) is 19.7 Å². The van der Waals surface area contributed by atoms with Crippen molar-refractivity contribution in [1.29, 1.82) is 0 Å². The highest BCUT2D eigenvalue weighted by atomic mass is 16.6. The van der Waals surface area contributed by atoms with Crippen LogP contribution in [0.3, 0.4) is 0 Å². The van der Waals surface area contributed by atoms with Gasteiger partial charge in [-0.2, -0.15) is 0 Å². The average molecular weight is 221 g/mol. The molecule has 1 atom stereocenters. The Kier molecular flexibility index (Phi) is 3.10. The van der Waals surface area contributed by atoms with E-state index in [0.717, 1.165) is 11.1 Å². The number of carbonyl (C=O) groups excluding carboxylic acids is 1. The summed E-state index contributed by atoms with van der Waals surface area (Å²) in [7, 11) is 0. The number of rotatable bonds is 3. The van der Waals surface area contributed by atoms with Crippen LogP contribution < -0.4 is 0 Å². The third-order valence-electron chi connectivity index (χ3n) is 2.70. The highest BCUT2D eigenvalue weighted by molar-refractivity contribution is 5.69. The van der Waals surface area contributed by atoms with Crippen LogP contribution in [0.15, 0.2) is 24.3 Å². The lowest BCUT2D eigenvalue weighted by Crippen LogP contribution is -2.29. The van der Waals surface area contributed by atoms with Gasteiger partial charge >= 0.3 is 6.09 Å². The first-order valence-corrected chi connectivity index (χ1v) is 5.33. The van der Waals surface area contributed by atoms with Crippen molar-refractivity contribution in [3.8, 4) is 0 Å². The molecule has 2 rings (SSSR count). The molecular formula is C12H15NO3. The lowest BCUT2D eigenvalue weighted by Gasteiger charge is -2.17. The van der Waals surface area contributed by atoms with Crippen LogP contribution in [-0.4, -0.2) is 35.8 Å². The van der Waals surface area contributed by atoms with E-state index >= 15 is 0 Å². The van der Waals surface area contributed by atoms with E-state index in [9.17, 15) is 9.90 Å². The first-order valence-electron chi connectivity index (χ1n) is 5.33. The molecule has 0 aliphatic carbocycles. The molecule has 1 amide bonds. The summed E-state index contributed by atoms with van der Waals surface area (Å²) in [4.78, 5) is 12.7. The van der Waals surface area contributed by atoms with Crippen molar-refractivity contribution in [3.63, 3.8) is 0 Å². The molecule has 1 N–H and O–H groups in total. The van der Waals surface area contributed by atoms with Gasteiger partial charge in [-0.1, -0.05) is 29.8 Å². The van der Waals surface area contributed by atoms with E-state index in [1.807, 2.05) is 31.2 Å². The SMILES string of the molecule is Cc1ccc(C(O)CN2CCOC2=O)cc1. The van der Waals surface area contributed by atoms with Crippen LogP contribution in [0, 0.1) is 6.92 Å². The molecule has 1 aliphatic rings. The van der Waals surface area contributed by atoms with Gasteiger partial charge < -0.3 is 14.7 Å². The molecule has 1 aliphatic heterocycles. The predicted octanol–water partition coefficient (Wildman–Crippen LogP) is 1.48. The molecule has 0 radical (unpaired) electrons. The maximum Gasteiger partial charge on any atom is 0.410 e. The topological polar surface area (TPSA) is 49.8 Å². The van der Waals surface area contributed by atoms with Gasteiger partial charge in [0.15, 0.2) is 0 Å². The highest BCUT2D eigenvalue weighted by Gasteiger charge is 2.24. The zero-order valence-corrected chi connectivity index (χ0v) is 9.22. The number of aliphatic hydroxyl groups excluding tert-OH is 1. The summed E-state index contributed by atoms with van der Waals surface area (Å²) < 4.78 is 4.80.